The van der Waals surface area contributed by atoms with E-state index < -0.39 is 10.0 Å². The van der Waals surface area contributed by atoms with Crippen LogP contribution in [0.5, 0.6) is 0 Å². The van der Waals surface area contributed by atoms with Crippen LogP contribution >= 0.6 is 0 Å². The van der Waals surface area contributed by atoms with Crippen molar-refractivity contribution in [3.05, 3.63) is 0 Å². The van der Waals surface area contributed by atoms with Crippen LogP contribution in [0.2, 0.25) is 0 Å². The molecule has 5 nitrogen and oxygen atoms in total. The highest BCUT2D eigenvalue weighted by Gasteiger charge is 2.29. The molecule has 2 aliphatic rings. The second kappa shape index (κ2) is 5.22. The summed E-state index contributed by atoms with van der Waals surface area (Å²) in [5.41, 5.74) is 0. The van der Waals surface area contributed by atoms with Gasteiger partial charge in [-0.1, -0.05) is 6.92 Å². The lowest BCUT2D eigenvalue weighted by atomic mass is 9.96. The van der Waals surface area contributed by atoms with E-state index in [0.29, 0.717) is 19.1 Å². The predicted molar refractivity (Wildman–Crippen MR) is 68.4 cm³/mol. The van der Waals surface area contributed by atoms with Gasteiger partial charge in [-0.3, -0.25) is 4.90 Å². The summed E-state index contributed by atoms with van der Waals surface area (Å²) < 4.78 is 24.4. The first-order valence-electron chi connectivity index (χ1n) is 6.36. The molecule has 2 fully saturated rings. The van der Waals surface area contributed by atoms with Crippen molar-refractivity contribution in [1.29, 1.82) is 0 Å². The molecule has 100 valence electrons. The fourth-order valence-electron chi connectivity index (χ4n) is 2.81. The maximum atomic E-state index is 11.4. The molecule has 0 aromatic carbocycles. The first-order chi connectivity index (χ1) is 7.97. The fraction of sp³-hybridized carbons (Fsp3) is 1.00. The third-order valence-electron chi connectivity index (χ3n) is 3.81. The molecule has 0 saturated carbocycles. The van der Waals surface area contributed by atoms with Crippen molar-refractivity contribution in [2.45, 2.75) is 19.4 Å². The topological polar surface area (TPSA) is 52.6 Å². The molecule has 0 aromatic rings. The number of piperidine rings is 1. The molecule has 2 unspecified atom stereocenters. The van der Waals surface area contributed by atoms with Gasteiger partial charge in [0.15, 0.2) is 0 Å². The van der Waals surface area contributed by atoms with Gasteiger partial charge in [0.2, 0.25) is 10.0 Å². The fourth-order valence-corrected chi connectivity index (χ4v) is 3.63. The summed E-state index contributed by atoms with van der Waals surface area (Å²) in [5.74, 6) is 0.724. The molecule has 2 saturated heterocycles. The van der Waals surface area contributed by atoms with Crippen molar-refractivity contribution in [2.75, 3.05) is 45.5 Å². The second-order valence-electron chi connectivity index (χ2n) is 5.35. The number of piperazine rings is 1. The Morgan fingerprint density at radius 2 is 1.76 bits per heavy atom. The van der Waals surface area contributed by atoms with E-state index in [2.05, 4.69) is 17.1 Å². The highest BCUT2D eigenvalue weighted by Crippen LogP contribution is 2.17. The number of hydrogen-bond acceptors (Lipinski definition) is 4. The molecule has 2 atom stereocenters. The lowest BCUT2D eigenvalue weighted by Crippen LogP contribution is -2.56. The van der Waals surface area contributed by atoms with Crippen LogP contribution in [0.1, 0.15) is 13.3 Å². The average molecular weight is 261 g/mol. The van der Waals surface area contributed by atoms with Crippen molar-refractivity contribution in [2.24, 2.45) is 5.92 Å². The third-order valence-corrected chi connectivity index (χ3v) is 5.11. The summed E-state index contributed by atoms with van der Waals surface area (Å²) >= 11 is 0. The zero-order chi connectivity index (χ0) is 12.5. The minimum Gasteiger partial charge on any atom is -0.315 e. The van der Waals surface area contributed by atoms with E-state index in [1.807, 2.05) is 0 Å². The SMILES string of the molecule is CC1CNCC(N2CCN(S(C)(=O)=O)CC2)C1. The van der Waals surface area contributed by atoms with Crippen LogP contribution in [0.4, 0.5) is 0 Å². The summed E-state index contributed by atoms with van der Waals surface area (Å²) in [6, 6.07) is 0.584. The van der Waals surface area contributed by atoms with Gasteiger partial charge in [-0.05, 0) is 18.9 Å². The van der Waals surface area contributed by atoms with Gasteiger partial charge in [-0.15, -0.1) is 0 Å². The Balaban J connectivity index is 1.86. The van der Waals surface area contributed by atoms with Crippen molar-refractivity contribution in [3.8, 4) is 0 Å². The van der Waals surface area contributed by atoms with Gasteiger partial charge in [0.05, 0.1) is 6.26 Å². The van der Waals surface area contributed by atoms with E-state index in [1.54, 1.807) is 4.31 Å². The molecule has 0 bridgehead atoms. The van der Waals surface area contributed by atoms with E-state index in [1.165, 1.54) is 12.7 Å². The van der Waals surface area contributed by atoms with E-state index in [-0.39, 0.29) is 0 Å². The summed E-state index contributed by atoms with van der Waals surface area (Å²) in [5, 5.41) is 3.45. The smallest absolute Gasteiger partial charge is 0.211 e. The second-order valence-corrected chi connectivity index (χ2v) is 7.33. The van der Waals surface area contributed by atoms with E-state index in [9.17, 15) is 8.42 Å². The largest absolute Gasteiger partial charge is 0.315 e. The number of sulfonamides is 1. The highest BCUT2D eigenvalue weighted by molar-refractivity contribution is 7.88. The zero-order valence-electron chi connectivity index (χ0n) is 10.7. The quantitative estimate of drug-likeness (QED) is 0.732. The summed E-state index contributed by atoms with van der Waals surface area (Å²) in [6.07, 6.45) is 2.53. The molecule has 0 radical (unpaired) electrons. The summed E-state index contributed by atoms with van der Waals surface area (Å²) in [4.78, 5) is 2.43. The minimum atomic E-state index is -3.00. The van der Waals surface area contributed by atoms with Gasteiger partial charge >= 0.3 is 0 Å². The van der Waals surface area contributed by atoms with Crippen molar-refractivity contribution in [3.63, 3.8) is 0 Å². The molecule has 0 aliphatic carbocycles. The standard InChI is InChI=1S/C11H23N3O2S/c1-10-7-11(9-12-8-10)13-3-5-14(6-4-13)17(2,15)16/h10-12H,3-9H2,1-2H3. The van der Waals surface area contributed by atoms with Crippen LogP contribution in [0.15, 0.2) is 0 Å². The van der Waals surface area contributed by atoms with Crippen LogP contribution in [0.3, 0.4) is 0 Å². The molecule has 17 heavy (non-hydrogen) atoms. The monoisotopic (exact) mass is 261 g/mol. The molecular formula is C11H23N3O2S. The zero-order valence-corrected chi connectivity index (χ0v) is 11.5. The van der Waals surface area contributed by atoms with Gasteiger partial charge in [0, 0.05) is 38.8 Å². The lowest BCUT2D eigenvalue weighted by Gasteiger charge is -2.41. The van der Waals surface area contributed by atoms with Gasteiger partial charge in [-0.25, -0.2) is 8.42 Å². The Kier molecular flexibility index (Phi) is 4.07. The molecule has 2 rings (SSSR count). The Morgan fingerprint density at radius 1 is 1.12 bits per heavy atom. The number of nitrogens with zero attached hydrogens (tertiary/aromatic N) is 2. The van der Waals surface area contributed by atoms with Crippen molar-refractivity contribution >= 4 is 10.0 Å². The van der Waals surface area contributed by atoms with Crippen LogP contribution in [0, 0.1) is 5.92 Å². The van der Waals surface area contributed by atoms with E-state index in [0.717, 1.165) is 32.1 Å². The van der Waals surface area contributed by atoms with Crippen LogP contribution < -0.4 is 5.32 Å². The van der Waals surface area contributed by atoms with E-state index in [4.69, 9.17) is 0 Å². The normalized spacial score (nSPS) is 33.8. The van der Waals surface area contributed by atoms with Gasteiger partial charge in [0.25, 0.3) is 0 Å². The first-order valence-corrected chi connectivity index (χ1v) is 8.21. The third kappa shape index (κ3) is 3.40. The number of rotatable bonds is 2. The molecule has 2 heterocycles. The van der Waals surface area contributed by atoms with E-state index >= 15 is 0 Å². The molecule has 0 aromatic heterocycles. The number of nitrogens with one attached hydrogen (secondary N) is 1. The molecule has 6 heteroatoms. The van der Waals surface area contributed by atoms with Crippen LogP contribution in [0.25, 0.3) is 0 Å². The molecule has 0 spiro atoms. The summed E-state index contributed by atoms with van der Waals surface area (Å²) in [6.45, 7) is 7.45. The highest BCUT2D eigenvalue weighted by atomic mass is 32.2. The predicted octanol–water partition coefficient (Wildman–Crippen LogP) is -0.438. The Labute approximate surface area is 104 Å². The Hall–Kier alpha value is -0.170. The summed E-state index contributed by atoms with van der Waals surface area (Å²) in [7, 11) is -3.00. The lowest BCUT2D eigenvalue weighted by molar-refractivity contribution is 0.105. The Bertz CT molecular complexity index is 350. The van der Waals surface area contributed by atoms with Gasteiger partial charge in [0.1, 0.15) is 0 Å². The maximum absolute atomic E-state index is 11.4. The van der Waals surface area contributed by atoms with Gasteiger partial charge in [-0.2, -0.15) is 4.31 Å². The molecule has 0 amide bonds. The molecule has 2 aliphatic heterocycles. The maximum Gasteiger partial charge on any atom is 0.211 e. The van der Waals surface area contributed by atoms with Crippen molar-refractivity contribution in [1.82, 2.24) is 14.5 Å². The van der Waals surface area contributed by atoms with Crippen LogP contribution in [-0.4, -0.2) is 69.2 Å². The van der Waals surface area contributed by atoms with Gasteiger partial charge < -0.3 is 5.32 Å². The van der Waals surface area contributed by atoms with Crippen LogP contribution in [-0.2, 0) is 10.0 Å². The number of hydrogen-bond donors (Lipinski definition) is 1. The first kappa shape index (κ1) is 13.3. The molecular weight excluding hydrogens is 238 g/mol. The van der Waals surface area contributed by atoms with Crippen molar-refractivity contribution < 1.29 is 8.42 Å². The minimum absolute atomic E-state index is 0.584. The Morgan fingerprint density at radius 3 is 2.29 bits per heavy atom. The molecule has 1 N–H and O–H groups in total. The average Bonchev–Trinajstić information content (AvgIpc) is 2.28.